The normalized spacial score (nSPS) is 19.3. The lowest BCUT2D eigenvalue weighted by Gasteiger charge is -2.32. The molecule has 0 radical (unpaired) electrons. The third kappa shape index (κ3) is 14.9. The Bertz CT molecular complexity index is 269. The molecule has 2 rings (SSSR count). The van der Waals surface area contributed by atoms with Crippen LogP contribution in [0.15, 0.2) is 0 Å². The molecule has 0 unspecified atom stereocenters. The molecule has 2 heterocycles. The van der Waals surface area contributed by atoms with Gasteiger partial charge in [-0.2, -0.15) is 0 Å². The van der Waals surface area contributed by atoms with Crippen LogP contribution in [0.25, 0.3) is 0 Å². The van der Waals surface area contributed by atoms with Gasteiger partial charge in [-0.3, -0.25) is 9.80 Å². The summed E-state index contributed by atoms with van der Waals surface area (Å²) in [7, 11) is 2.18. The van der Waals surface area contributed by atoms with Crippen LogP contribution in [0.3, 0.4) is 0 Å². The highest BCUT2D eigenvalue weighted by Crippen LogP contribution is 1.98. The van der Waals surface area contributed by atoms with Gasteiger partial charge in [-0.25, -0.2) is 0 Å². The summed E-state index contributed by atoms with van der Waals surface area (Å²) in [6.45, 7) is 22.6. The van der Waals surface area contributed by atoms with E-state index in [-0.39, 0.29) is 0 Å². The predicted molar refractivity (Wildman–Crippen MR) is 110 cm³/mol. The number of hydrogen-bond acceptors (Lipinski definition) is 6. The highest BCUT2D eigenvalue weighted by molar-refractivity contribution is 4.68. The lowest BCUT2D eigenvalue weighted by Crippen LogP contribution is -2.45. The van der Waals surface area contributed by atoms with Crippen molar-refractivity contribution < 1.29 is 14.2 Å². The Labute approximate surface area is 162 Å². The topological polar surface area (TPSA) is 37.4 Å². The van der Waals surface area contributed by atoms with E-state index in [9.17, 15) is 0 Å². The van der Waals surface area contributed by atoms with E-state index < -0.39 is 0 Å². The summed E-state index contributed by atoms with van der Waals surface area (Å²) in [6.07, 6.45) is 1.15. The molecule has 158 valence electrons. The van der Waals surface area contributed by atoms with Gasteiger partial charge in [0.1, 0.15) is 0 Å². The van der Waals surface area contributed by atoms with Crippen LogP contribution < -0.4 is 0 Å². The van der Waals surface area contributed by atoms with E-state index in [4.69, 9.17) is 14.2 Å². The van der Waals surface area contributed by atoms with Crippen LogP contribution in [-0.2, 0) is 14.2 Å². The summed E-state index contributed by atoms with van der Waals surface area (Å²) >= 11 is 0. The largest absolute Gasteiger partial charge is 0.382 e. The van der Waals surface area contributed by atoms with E-state index in [1.165, 1.54) is 26.2 Å². The summed E-state index contributed by atoms with van der Waals surface area (Å²) in [5.41, 5.74) is 0. The van der Waals surface area contributed by atoms with E-state index >= 15 is 0 Å². The van der Waals surface area contributed by atoms with Crippen molar-refractivity contribution in [2.45, 2.75) is 34.1 Å². The monoisotopic (exact) mass is 375 g/mol. The molecular formula is C20H45N3O3. The van der Waals surface area contributed by atoms with E-state index in [0.717, 1.165) is 72.2 Å². The van der Waals surface area contributed by atoms with Crippen LogP contribution in [0, 0.1) is 0 Å². The lowest BCUT2D eigenvalue weighted by atomic mass is 10.3. The number of likely N-dealkylation sites (N-methyl/N-ethyl adjacent to an activating group) is 1. The number of morpholine rings is 1. The molecule has 2 saturated heterocycles. The minimum absolute atomic E-state index is 0.836. The van der Waals surface area contributed by atoms with Gasteiger partial charge in [0.05, 0.1) is 19.8 Å². The fraction of sp³-hybridized carbons (Fsp3) is 1.00. The molecule has 0 N–H and O–H groups in total. The summed E-state index contributed by atoms with van der Waals surface area (Å²) in [4.78, 5) is 7.27. The highest BCUT2D eigenvalue weighted by Gasteiger charge is 2.12. The molecule has 2 fully saturated rings. The standard InChI is InChI=1S/C9H20N2O.C9H19NO2.C2H6/c1-3-12-9-8-11-6-4-10(2)5-7-11;1-2-11-7-3-4-10-5-8-12-9-6-10;1-2/h3-9H2,1-2H3;2-9H2,1H3;1-2H3. The van der Waals surface area contributed by atoms with Crippen molar-refractivity contribution in [3.8, 4) is 0 Å². The third-order valence-corrected chi connectivity index (χ3v) is 4.42. The van der Waals surface area contributed by atoms with Crippen molar-refractivity contribution in [2.24, 2.45) is 0 Å². The van der Waals surface area contributed by atoms with Crippen LogP contribution in [0.1, 0.15) is 34.1 Å². The first kappa shape index (κ1) is 25.8. The van der Waals surface area contributed by atoms with Crippen molar-refractivity contribution in [1.29, 1.82) is 0 Å². The van der Waals surface area contributed by atoms with Gasteiger partial charge in [0.15, 0.2) is 0 Å². The molecule has 0 aliphatic carbocycles. The second kappa shape index (κ2) is 19.5. The summed E-state index contributed by atoms with van der Waals surface area (Å²) < 4.78 is 15.8. The maximum absolute atomic E-state index is 5.31. The van der Waals surface area contributed by atoms with Crippen molar-refractivity contribution in [3.63, 3.8) is 0 Å². The van der Waals surface area contributed by atoms with E-state index in [2.05, 4.69) is 21.7 Å². The third-order valence-electron chi connectivity index (χ3n) is 4.42. The number of ether oxygens (including phenoxy) is 3. The van der Waals surface area contributed by atoms with Gasteiger partial charge in [-0.05, 0) is 27.3 Å². The fourth-order valence-corrected chi connectivity index (χ4v) is 2.77. The van der Waals surface area contributed by atoms with Gasteiger partial charge in [0, 0.05) is 72.2 Å². The van der Waals surface area contributed by atoms with Crippen LogP contribution in [-0.4, -0.2) is 114 Å². The minimum Gasteiger partial charge on any atom is -0.382 e. The molecule has 0 bridgehead atoms. The fourth-order valence-electron chi connectivity index (χ4n) is 2.77. The zero-order valence-corrected chi connectivity index (χ0v) is 18.2. The number of rotatable bonds is 9. The Morgan fingerprint density at radius 3 is 1.85 bits per heavy atom. The minimum atomic E-state index is 0.836. The molecule has 0 aromatic rings. The van der Waals surface area contributed by atoms with Crippen LogP contribution in [0.5, 0.6) is 0 Å². The molecular weight excluding hydrogens is 330 g/mol. The van der Waals surface area contributed by atoms with E-state index in [1.54, 1.807) is 0 Å². The molecule has 2 aliphatic rings. The Kier molecular flexibility index (Phi) is 19.3. The molecule has 0 saturated carbocycles. The number of hydrogen-bond donors (Lipinski definition) is 0. The van der Waals surface area contributed by atoms with Crippen molar-refractivity contribution in [1.82, 2.24) is 14.7 Å². The quantitative estimate of drug-likeness (QED) is 0.574. The Morgan fingerprint density at radius 2 is 1.27 bits per heavy atom. The molecule has 0 aromatic carbocycles. The molecule has 0 atom stereocenters. The first-order chi connectivity index (χ1) is 12.8. The summed E-state index contributed by atoms with van der Waals surface area (Å²) in [5.74, 6) is 0. The van der Waals surface area contributed by atoms with Crippen LogP contribution in [0.4, 0.5) is 0 Å². The maximum Gasteiger partial charge on any atom is 0.0594 e. The van der Waals surface area contributed by atoms with E-state index in [0.29, 0.717) is 0 Å². The zero-order chi connectivity index (χ0) is 19.5. The SMILES string of the molecule is CC.CCOCCCN1CCOCC1.CCOCCN1CCN(C)CC1. The summed E-state index contributed by atoms with van der Waals surface area (Å²) in [6, 6.07) is 0. The van der Waals surface area contributed by atoms with Gasteiger partial charge in [-0.15, -0.1) is 0 Å². The van der Waals surface area contributed by atoms with Gasteiger partial charge in [0.2, 0.25) is 0 Å². The van der Waals surface area contributed by atoms with Gasteiger partial charge in [-0.1, -0.05) is 13.8 Å². The first-order valence-corrected chi connectivity index (χ1v) is 10.6. The Balaban J connectivity index is 0.000000439. The molecule has 0 amide bonds. The number of nitrogens with zero attached hydrogens (tertiary/aromatic N) is 3. The van der Waals surface area contributed by atoms with Crippen molar-refractivity contribution >= 4 is 0 Å². The first-order valence-electron chi connectivity index (χ1n) is 10.6. The maximum atomic E-state index is 5.31. The van der Waals surface area contributed by atoms with Gasteiger partial charge < -0.3 is 19.1 Å². The predicted octanol–water partition coefficient (Wildman–Crippen LogP) is 2.04. The van der Waals surface area contributed by atoms with Crippen molar-refractivity contribution in [3.05, 3.63) is 0 Å². The highest BCUT2D eigenvalue weighted by atomic mass is 16.5. The zero-order valence-electron chi connectivity index (χ0n) is 18.2. The van der Waals surface area contributed by atoms with Gasteiger partial charge >= 0.3 is 0 Å². The molecule has 26 heavy (non-hydrogen) atoms. The smallest absolute Gasteiger partial charge is 0.0594 e. The van der Waals surface area contributed by atoms with Gasteiger partial charge in [0.25, 0.3) is 0 Å². The average molecular weight is 376 g/mol. The van der Waals surface area contributed by atoms with E-state index in [1.807, 2.05) is 27.7 Å². The molecule has 0 aromatic heterocycles. The van der Waals surface area contributed by atoms with Crippen molar-refractivity contribution in [2.75, 3.05) is 99.0 Å². The Morgan fingerprint density at radius 1 is 0.731 bits per heavy atom. The molecule has 2 aliphatic heterocycles. The second-order valence-corrected chi connectivity index (χ2v) is 6.35. The molecule has 0 spiro atoms. The van der Waals surface area contributed by atoms with Crippen LogP contribution >= 0.6 is 0 Å². The van der Waals surface area contributed by atoms with Crippen LogP contribution in [0.2, 0.25) is 0 Å². The lowest BCUT2D eigenvalue weighted by molar-refractivity contribution is 0.0325. The average Bonchev–Trinajstić information content (AvgIpc) is 2.70. The Hall–Kier alpha value is -0.240. The second-order valence-electron chi connectivity index (χ2n) is 6.35. The number of piperazine rings is 1. The molecule has 6 nitrogen and oxygen atoms in total. The molecule has 6 heteroatoms. The summed E-state index contributed by atoms with van der Waals surface area (Å²) in [5, 5.41) is 0.